The predicted octanol–water partition coefficient (Wildman–Crippen LogP) is 14.8. The van der Waals surface area contributed by atoms with Crippen LogP contribution in [0.5, 0.6) is 0 Å². The Kier molecular flexibility index (Phi) is 32.0. The number of rotatable bonds is 21. The molecule has 0 atom stereocenters. The number of piperidine rings is 1. The van der Waals surface area contributed by atoms with E-state index >= 15 is 0 Å². The number of carbonyl (C=O) groups excluding carboxylic acids is 6. The lowest BCUT2D eigenvalue weighted by Gasteiger charge is -2.29. The summed E-state index contributed by atoms with van der Waals surface area (Å²) in [5, 5.41) is 33.5. The smallest absolute Gasteiger partial charge is 0.317 e. The van der Waals surface area contributed by atoms with Gasteiger partial charge in [0.15, 0.2) is 0 Å². The zero-order valence-corrected chi connectivity index (χ0v) is 75.7. The summed E-state index contributed by atoms with van der Waals surface area (Å²) in [6, 6.07) is 59.1. The van der Waals surface area contributed by atoms with Gasteiger partial charge in [-0.2, -0.15) is 0 Å². The minimum absolute atomic E-state index is 0.102. The first-order chi connectivity index (χ1) is 66.9. The van der Waals surface area contributed by atoms with Crippen molar-refractivity contribution in [3.8, 4) is 55.6 Å². The third-order valence-electron chi connectivity index (χ3n) is 24.3. The van der Waals surface area contributed by atoms with Crippen LogP contribution in [0, 0.1) is 29.1 Å². The SMILES string of the molecule is CNC(=O)c1cnc(N)c2cc(-c3cccc(F)c3)ccc12.Nc1ncc(C(=O)NC2CCOCC2)c2ccc(-c3cccc(F)c3)cc12.Nc1ncc(C(=O)NCCCN2CCOCC2)c2ccc(-c3cccc(F)c3)cc12.Nc1ncc(C(=O)NCCN2CCC(O)CC2)c2ccc(-c3cccc(F)c3)cc12.Nc1ncc(C(=O)NCCN2CCNC2=O)c2ccc(-c3cccc(F)c3)cc12. The number of nitrogen functional groups attached to an aromatic ring is 5. The Hall–Kier alpha value is -15.7. The molecule has 4 fully saturated rings. The van der Waals surface area contributed by atoms with Crippen molar-refractivity contribution >= 4 is 119 Å². The molecule has 15 aromatic rings. The molecule has 0 radical (unpaired) electrons. The van der Waals surface area contributed by atoms with E-state index in [4.69, 9.17) is 38.1 Å². The van der Waals surface area contributed by atoms with Gasteiger partial charge >= 0.3 is 6.03 Å². The molecule has 708 valence electrons. The van der Waals surface area contributed by atoms with Crippen molar-refractivity contribution in [2.75, 3.05) is 141 Å². The lowest BCUT2D eigenvalue weighted by Crippen LogP contribution is -2.40. The molecular formula is C105H104F5N19O9. The van der Waals surface area contributed by atoms with Gasteiger partial charge in [-0.1, -0.05) is 121 Å². The normalized spacial score (nSPS) is 14.0. The van der Waals surface area contributed by atoms with Gasteiger partial charge in [-0.05, 0) is 212 Å². The number of morpholine rings is 1. The highest BCUT2D eigenvalue weighted by Crippen LogP contribution is 2.37. The van der Waals surface area contributed by atoms with Crippen molar-refractivity contribution in [2.24, 2.45) is 0 Å². The number of anilines is 5. The second kappa shape index (κ2) is 45.6. The van der Waals surface area contributed by atoms with Crippen LogP contribution in [0.2, 0.25) is 0 Å². The number of hydrogen-bond donors (Lipinski definition) is 12. The fourth-order valence-corrected chi connectivity index (χ4v) is 16.8. The molecule has 0 unspecified atom stereocenters. The Balaban J connectivity index is 0.000000131. The first-order valence-electron chi connectivity index (χ1n) is 45.3. The minimum Gasteiger partial charge on any atom is -0.393 e. The Morgan fingerprint density at radius 2 is 0.667 bits per heavy atom. The minimum atomic E-state index is -0.325. The van der Waals surface area contributed by atoms with E-state index in [-0.39, 0.29) is 76.8 Å². The van der Waals surface area contributed by atoms with Gasteiger partial charge in [0.1, 0.15) is 58.2 Å². The van der Waals surface area contributed by atoms with E-state index < -0.39 is 0 Å². The molecule has 138 heavy (non-hydrogen) atoms. The molecule has 0 spiro atoms. The van der Waals surface area contributed by atoms with Crippen LogP contribution in [0.25, 0.3) is 109 Å². The molecule has 10 aromatic carbocycles. The third-order valence-corrected chi connectivity index (χ3v) is 24.3. The number of nitrogens with one attached hydrogen (secondary N) is 6. The lowest BCUT2D eigenvalue weighted by molar-refractivity contribution is 0.0374. The van der Waals surface area contributed by atoms with Crippen molar-refractivity contribution < 1.29 is 65.3 Å². The summed E-state index contributed by atoms with van der Waals surface area (Å²) in [7, 11) is 1.56. The molecule has 4 aliphatic rings. The third kappa shape index (κ3) is 24.3. The van der Waals surface area contributed by atoms with Gasteiger partial charge in [-0.15, -0.1) is 0 Å². The monoisotopic (exact) mass is 1870 g/mol. The zero-order valence-electron chi connectivity index (χ0n) is 75.7. The number of nitrogens with zero attached hydrogens (tertiary/aromatic N) is 8. The van der Waals surface area contributed by atoms with Crippen LogP contribution in [0.15, 0.2) is 243 Å². The van der Waals surface area contributed by atoms with E-state index in [2.05, 4.69) is 66.6 Å². The molecular weight excluding hydrogens is 1770 g/mol. The Labute approximate surface area is 791 Å². The number of nitrogens with two attached hydrogens (primary N) is 5. The van der Waals surface area contributed by atoms with E-state index in [1.807, 2.05) is 97.1 Å². The number of ether oxygens (including phenoxy) is 2. The molecule has 0 saturated carbocycles. The van der Waals surface area contributed by atoms with Gasteiger partial charge < -0.3 is 84.9 Å². The summed E-state index contributed by atoms with van der Waals surface area (Å²) in [5.74, 6) is -0.974. The average Bonchev–Trinajstić information content (AvgIpc) is 0.824. The first kappa shape index (κ1) is 96.9. The van der Waals surface area contributed by atoms with E-state index in [9.17, 15) is 55.8 Å². The largest absolute Gasteiger partial charge is 0.393 e. The summed E-state index contributed by atoms with van der Waals surface area (Å²) in [6.07, 6.45) is 11.2. The Morgan fingerprint density at radius 3 is 0.993 bits per heavy atom. The van der Waals surface area contributed by atoms with Crippen molar-refractivity contribution in [2.45, 2.75) is 44.2 Å². The highest BCUT2D eigenvalue weighted by atomic mass is 19.1. The fraction of sp³-hybridized carbons (Fsp3) is 0.229. The number of benzene rings is 10. The number of fused-ring (bicyclic) bond motifs is 5. The summed E-state index contributed by atoms with van der Waals surface area (Å²) in [6.45, 7) is 11.2. The van der Waals surface area contributed by atoms with Crippen LogP contribution in [0.1, 0.15) is 83.9 Å². The quantitative estimate of drug-likeness (QED) is 0.0235. The Bertz CT molecular complexity index is 7000. The van der Waals surface area contributed by atoms with Gasteiger partial charge in [-0.3, -0.25) is 28.9 Å². The van der Waals surface area contributed by atoms with Crippen LogP contribution >= 0.6 is 0 Å². The molecule has 5 aromatic heterocycles. The standard InChI is InChI=1S/2C23H25FN4O2.C21H20FN5O2.C21H20FN3O2.C17H14FN3O/c24-18-4-1-3-16(13-18)17-5-6-19-20(14-17)22(25)27-15-21(19)23(29)26-7-2-8-28-9-11-30-12-10-28;24-17-3-1-2-15(12-17)16-4-5-19-20(13-16)22(25)27-14-21(19)23(30)26-8-11-28-9-6-18(29)7-10-28;22-15-3-1-2-13(10-15)14-4-5-16-17(11-14)19(23)26-12-18(16)20(28)24-6-8-27-9-7-25-21(27)29;22-15-3-1-2-13(10-15)14-4-5-17-18(11-14)20(23)24-12-19(17)21(26)25-16-6-8-27-9-7-16;1-20-17(22)15-9-21-16(19)14-8-11(5-6-13(14)15)10-3-2-4-12(18)7-10/h1,3-6,13-15H,2,7-12H2,(H2,25,27)(H,26,29);1-5,12-14,18,29H,6-11H2,(H2,25,27)(H,26,30);1-5,10-12H,6-9H2,(H2,23,26)(H,24,28)(H,25,29);1-5,10-12,16H,6-9H2,(H2,23,24)(H,25,26);2-9H,1H3,(H2,19,21)(H,20,22). The summed E-state index contributed by atoms with van der Waals surface area (Å²) >= 11 is 0. The van der Waals surface area contributed by atoms with Crippen LogP contribution < -0.4 is 60.6 Å². The first-order valence-corrected chi connectivity index (χ1v) is 45.3. The maximum absolute atomic E-state index is 13.6. The van der Waals surface area contributed by atoms with Gasteiger partial charge in [-0.25, -0.2) is 51.7 Å². The van der Waals surface area contributed by atoms with Crippen molar-refractivity contribution in [1.82, 2.24) is 71.5 Å². The van der Waals surface area contributed by atoms with Crippen molar-refractivity contribution in [3.05, 3.63) is 300 Å². The number of hydrogen-bond acceptors (Lipinski definition) is 21. The molecule has 0 bridgehead atoms. The maximum Gasteiger partial charge on any atom is 0.317 e. The zero-order chi connectivity index (χ0) is 96.9. The number of pyridine rings is 5. The van der Waals surface area contributed by atoms with E-state index in [0.29, 0.717) is 158 Å². The second-order valence-electron chi connectivity index (χ2n) is 33.4. The predicted molar refractivity (Wildman–Crippen MR) is 528 cm³/mol. The highest BCUT2D eigenvalue weighted by molar-refractivity contribution is 6.14. The van der Waals surface area contributed by atoms with E-state index in [1.54, 1.807) is 66.5 Å². The molecule has 19 rings (SSSR count). The summed E-state index contributed by atoms with van der Waals surface area (Å²) < 4.78 is 78.3. The maximum atomic E-state index is 13.6. The molecule has 4 aliphatic heterocycles. The van der Waals surface area contributed by atoms with E-state index in [0.717, 1.165) is 145 Å². The van der Waals surface area contributed by atoms with Crippen LogP contribution in [0.3, 0.4) is 0 Å². The number of aliphatic hydroxyl groups is 1. The van der Waals surface area contributed by atoms with Crippen molar-refractivity contribution in [3.63, 3.8) is 0 Å². The highest BCUT2D eigenvalue weighted by Gasteiger charge is 2.26. The molecule has 33 heteroatoms. The average molecular weight is 1870 g/mol. The molecule has 17 N–H and O–H groups in total. The fourth-order valence-electron chi connectivity index (χ4n) is 16.8. The molecule has 7 amide bonds. The second-order valence-corrected chi connectivity index (χ2v) is 33.4. The van der Waals surface area contributed by atoms with E-state index in [1.165, 1.54) is 91.6 Å². The molecule has 0 aliphatic carbocycles. The van der Waals surface area contributed by atoms with Crippen LogP contribution in [0.4, 0.5) is 55.8 Å². The summed E-state index contributed by atoms with van der Waals surface area (Å²) in [4.78, 5) is 101. The summed E-state index contributed by atoms with van der Waals surface area (Å²) in [5.41, 5.74) is 40.1. The van der Waals surface area contributed by atoms with Crippen LogP contribution in [-0.2, 0) is 9.47 Å². The molecule has 9 heterocycles. The molecule has 28 nitrogen and oxygen atoms in total. The van der Waals surface area contributed by atoms with Gasteiger partial charge in [0.2, 0.25) is 0 Å². The van der Waals surface area contributed by atoms with Crippen molar-refractivity contribution in [1.29, 1.82) is 0 Å². The van der Waals surface area contributed by atoms with Crippen LogP contribution in [-0.4, -0.2) is 204 Å². The van der Waals surface area contributed by atoms with Gasteiger partial charge in [0.05, 0.1) is 47.1 Å². The number of urea groups is 1. The number of carbonyl (C=O) groups is 6. The molecule has 4 saturated heterocycles. The lowest BCUT2D eigenvalue weighted by atomic mass is 9.99. The van der Waals surface area contributed by atoms with Gasteiger partial charge in [0.25, 0.3) is 29.5 Å². The number of likely N-dealkylation sites (tertiary alicyclic amines) is 1. The topological polar surface area (TPSA) is 418 Å². The number of halogens is 5. The van der Waals surface area contributed by atoms with Gasteiger partial charge in [0, 0.05) is 156 Å². The Morgan fingerprint density at radius 1 is 0.362 bits per heavy atom. The number of amides is 7. The number of aromatic nitrogens is 5. The number of aliphatic hydroxyl groups excluding tert-OH is 1.